The van der Waals surface area contributed by atoms with E-state index in [2.05, 4.69) is 13.8 Å². The molecule has 0 fully saturated rings. The molecule has 0 radical (unpaired) electrons. The summed E-state index contributed by atoms with van der Waals surface area (Å²) in [7, 11) is 0. The van der Waals surface area contributed by atoms with Crippen molar-refractivity contribution in [3.05, 3.63) is 64.7 Å². The van der Waals surface area contributed by atoms with Crippen molar-refractivity contribution in [3.63, 3.8) is 0 Å². The molecule has 0 amide bonds. The molecule has 2 rings (SSSR count). The smallest absolute Gasteiger partial charge is 0.344 e. The van der Waals surface area contributed by atoms with Gasteiger partial charge in [0.05, 0.1) is 11.6 Å². The highest BCUT2D eigenvalue weighted by molar-refractivity contribution is 5.71. The van der Waals surface area contributed by atoms with Gasteiger partial charge in [-0.05, 0) is 53.8 Å². The third-order valence-electron chi connectivity index (χ3n) is 3.70. The number of carbonyl (C=O) groups excluding carboxylic acids is 1. The first kappa shape index (κ1) is 17.6. The van der Waals surface area contributed by atoms with Gasteiger partial charge in [0.1, 0.15) is 12.4 Å². The Bertz CT molecular complexity index is 742. The zero-order valence-corrected chi connectivity index (χ0v) is 14.2. The van der Waals surface area contributed by atoms with Gasteiger partial charge >= 0.3 is 5.97 Å². The Labute approximate surface area is 142 Å². The van der Waals surface area contributed by atoms with E-state index in [4.69, 9.17) is 14.7 Å². The highest BCUT2D eigenvalue weighted by atomic mass is 16.6. The summed E-state index contributed by atoms with van der Waals surface area (Å²) in [6, 6.07) is 14.8. The van der Waals surface area contributed by atoms with Crippen LogP contribution >= 0.6 is 0 Å². The van der Waals surface area contributed by atoms with E-state index in [1.807, 2.05) is 31.2 Å². The molecule has 0 atom stereocenters. The van der Waals surface area contributed by atoms with Crippen molar-refractivity contribution in [3.8, 4) is 11.8 Å². The van der Waals surface area contributed by atoms with E-state index < -0.39 is 5.97 Å². The van der Waals surface area contributed by atoms with Gasteiger partial charge in [0, 0.05) is 0 Å². The normalized spacial score (nSPS) is 10.3. The number of ether oxygens (including phenoxy) is 2. The Kier molecular flexibility index (Phi) is 5.97. The monoisotopic (exact) mass is 323 g/mol. The summed E-state index contributed by atoms with van der Waals surface area (Å²) in [4.78, 5) is 11.8. The van der Waals surface area contributed by atoms with Gasteiger partial charge in [-0.15, -0.1) is 0 Å². The number of rotatable bonds is 6. The number of hydrogen-bond acceptors (Lipinski definition) is 4. The lowest BCUT2D eigenvalue weighted by molar-refractivity contribution is -0.147. The van der Waals surface area contributed by atoms with Crippen molar-refractivity contribution in [2.24, 2.45) is 0 Å². The number of hydrogen-bond donors (Lipinski definition) is 0. The van der Waals surface area contributed by atoms with Crippen LogP contribution in [0.25, 0.3) is 0 Å². The Morgan fingerprint density at radius 3 is 2.46 bits per heavy atom. The molecule has 0 aliphatic carbocycles. The minimum Gasteiger partial charge on any atom is -0.482 e. The number of benzene rings is 2. The van der Waals surface area contributed by atoms with E-state index in [-0.39, 0.29) is 13.2 Å². The maximum atomic E-state index is 11.8. The summed E-state index contributed by atoms with van der Waals surface area (Å²) in [5.41, 5.74) is 3.83. The van der Waals surface area contributed by atoms with Crippen molar-refractivity contribution >= 4 is 5.97 Å². The molecule has 0 aliphatic rings. The van der Waals surface area contributed by atoms with Gasteiger partial charge in [-0.1, -0.05) is 32.0 Å². The van der Waals surface area contributed by atoms with Gasteiger partial charge in [-0.25, -0.2) is 4.79 Å². The standard InChI is InChI=1S/C20H21NO3/c1-14(2)19-9-8-18(10-15(19)3)23-13-20(22)24-12-17-6-4-16(11-21)5-7-17/h4-10,14H,12-13H2,1-3H3. The predicted molar refractivity (Wildman–Crippen MR) is 91.7 cm³/mol. The second kappa shape index (κ2) is 8.16. The van der Waals surface area contributed by atoms with E-state index in [9.17, 15) is 4.79 Å². The van der Waals surface area contributed by atoms with E-state index in [0.29, 0.717) is 17.2 Å². The van der Waals surface area contributed by atoms with Crippen LogP contribution in [0.4, 0.5) is 0 Å². The first-order valence-electron chi connectivity index (χ1n) is 7.87. The third kappa shape index (κ3) is 4.85. The molecule has 0 bridgehead atoms. The van der Waals surface area contributed by atoms with Gasteiger partial charge in [0.15, 0.2) is 6.61 Å². The SMILES string of the molecule is Cc1cc(OCC(=O)OCc2ccc(C#N)cc2)ccc1C(C)C. The number of carbonyl (C=O) groups is 1. The first-order chi connectivity index (χ1) is 11.5. The van der Waals surface area contributed by atoms with Gasteiger partial charge in [0.2, 0.25) is 0 Å². The molecule has 24 heavy (non-hydrogen) atoms. The molecule has 0 aliphatic heterocycles. The van der Waals surface area contributed by atoms with Crippen molar-refractivity contribution in [2.45, 2.75) is 33.3 Å². The maximum Gasteiger partial charge on any atom is 0.344 e. The van der Waals surface area contributed by atoms with E-state index >= 15 is 0 Å². The van der Waals surface area contributed by atoms with Crippen LogP contribution in [0.2, 0.25) is 0 Å². The van der Waals surface area contributed by atoms with Crippen LogP contribution in [0.1, 0.15) is 42.0 Å². The van der Waals surface area contributed by atoms with Gasteiger partial charge in [-0.3, -0.25) is 0 Å². The summed E-state index contributed by atoms with van der Waals surface area (Å²) in [5.74, 6) is 0.689. The Morgan fingerprint density at radius 1 is 1.17 bits per heavy atom. The lowest BCUT2D eigenvalue weighted by Gasteiger charge is -2.12. The van der Waals surface area contributed by atoms with Crippen molar-refractivity contribution in [1.82, 2.24) is 0 Å². The van der Waals surface area contributed by atoms with Crippen LogP contribution in [-0.2, 0) is 16.1 Å². The highest BCUT2D eigenvalue weighted by Gasteiger charge is 2.08. The molecule has 0 spiro atoms. The second-order valence-corrected chi connectivity index (χ2v) is 5.93. The molecule has 4 nitrogen and oxygen atoms in total. The first-order valence-corrected chi connectivity index (χ1v) is 7.87. The number of nitriles is 1. The van der Waals surface area contributed by atoms with E-state index in [0.717, 1.165) is 11.1 Å². The molecule has 0 aromatic heterocycles. The average Bonchev–Trinajstić information content (AvgIpc) is 2.58. The number of esters is 1. The summed E-state index contributed by atoms with van der Waals surface area (Å²) in [6.07, 6.45) is 0. The van der Waals surface area contributed by atoms with Gasteiger partial charge in [0.25, 0.3) is 0 Å². The molecular weight excluding hydrogens is 302 g/mol. The molecule has 2 aromatic carbocycles. The summed E-state index contributed by atoms with van der Waals surface area (Å²) in [6.45, 7) is 6.36. The topological polar surface area (TPSA) is 59.3 Å². The molecule has 2 aromatic rings. The van der Waals surface area contributed by atoms with Crippen LogP contribution < -0.4 is 4.74 Å². The molecule has 0 saturated heterocycles. The molecule has 0 N–H and O–H groups in total. The second-order valence-electron chi connectivity index (χ2n) is 5.93. The predicted octanol–water partition coefficient (Wildman–Crippen LogP) is 4.11. The minimum absolute atomic E-state index is 0.128. The van der Waals surface area contributed by atoms with Crippen LogP contribution in [0.3, 0.4) is 0 Å². The van der Waals surface area contributed by atoms with Crippen LogP contribution in [-0.4, -0.2) is 12.6 Å². The molecule has 0 unspecified atom stereocenters. The number of aryl methyl sites for hydroxylation is 1. The fraction of sp³-hybridized carbons (Fsp3) is 0.300. The fourth-order valence-corrected chi connectivity index (χ4v) is 2.41. The molecule has 4 heteroatoms. The largest absolute Gasteiger partial charge is 0.482 e. The maximum absolute atomic E-state index is 11.8. The summed E-state index contributed by atoms with van der Waals surface area (Å²) < 4.78 is 10.7. The third-order valence-corrected chi connectivity index (χ3v) is 3.70. The lowest BCUT2D eigenvalue weighted by atomic mass is 9.98. The van der Waals surface area contributed by atoms with Crippen LogP contribution in [0.5, 0.6) is 5.75 Å². The molecule has 124 valence electrons. The van der Waals surface area contributed by atoms with Crippen molar-refractivity contribution < 1.29 is 14.3 Å². The van der Waals surface area contributed by atoms with E-state index in [1.165, 1.54) is 5.56 Å². The zero-order valence-electron chi connectivity index (χ0n) is 14.2. The highest BCUT2D eigenvalue weighted by Crippen LogP contribution is 2.23. The Balaban J connectivity index is 1.82. The van der Waals surface area contributed by atoms with Crippen molar-refractivity contribution in [2.75, 3.05) is 6.61 Å². The average molecular weight is 323 g/mol. The van der Waals surface area contributed by atoms with Crippen molar-refractivity contribution in [1.29, 1.82) is 5.26 Å². The van der Waals surface area contributed by atoms with E-state index in [1.54, 1.807) is 24.3 Å². The Morgan fingerprint density at radius 2 is 1.88 bits per heavy atom. The lowest BCUT2D eigenvalue weighted by Crippen LogP contribution is -2.14. The minimum atomic E-state index is -0.426. The zero-order chi connectivity index (χ0) is 17.5. The molecule has 0 saturated carbocycles. The number of nitrogens with zero attached hydrogens (tertiary/aromatic N) is 1. The quantitative estimate of drug-likeness (QED) is 0.751. The van der Waals surface area contributed by atoms with Gasteiger partial charge in [-0.2, -0.15) is 5.26 Å². The van der Waals surface area contributed by atoms with Crippen LogP contribution in [0.15, 0.2) is 42.5 Å². The van der Waals surface area contributed by atoms with Gasteiger partial charge < -0.3 is 9.47 Å². The summed E-state index contributed by atoms with van der Waals surface area (Å²) >= 11 is 0. The molecular formula is C20H21NO3. The molecule has 0 heterocycles. The summed E-state index contributed by atoms with van der Waals surface area (Å²) in [5, 5.41) is 8.74. The fourth-order valence-electron chi connectivity index (χ4n) is 2.41. The van der Waals surface area contributed by atoms with Crippen LogP contribution in [0, 0.1) is 18.3 Å². The Hall–Kier alpha value is -2.80.